The number of benzene rings is 1. The standard InChI is InChI=1S/C26H25N3O4.ClH/c1-2-26(32)19-11-21-23-17(12-29(21)24(30)18(19)13-33-25(26)31)16-7-3-6-15-14(5-4-10-27)8-9-20(28-23)22(15)16;/h4-5,8-9,11,32H,2-3,6-7,10,12-13,27H2,1H3;1H. The summed E-state index contributed by atoms with van der Waals surface area (Å²) in [5.74, 6) is -0.704. The Morgan fingerprint density at radius 3 is 2.76 bits per heavy atom. The van der Waals surface area contributed by atoms with Crippen LogP contribution in [0.1, 0.15) is 53.1 Å². The average Bonchev–Trinajstić information content (AvgIpc) is 3.21. The smallest absolute Gasteiger partial charge is 0.343 e. The minimum atomic E-state index is -1.81. The molecule has 34 heavy (non-hydrogen) atoms. The van der Waals surface area contributed by atoms with Gasteiger partial charge in [-0.15, -0.1) is 12.4 Å². The molecule has 0 spiro atoms. The molecule has 3 N–H and O–H groups in total. The number of fused-ring (bicyclic) bond motifs is 5. The third-order valence-corrected chi connectivity index (χ3v) is 7.40. The van der Waals surface area contributed by atoms with E-state index in [0.717, 1.165) is 36.0 Å². The van der Waals surface area contributed by atoms with E-state index in [1.54, 1.807) is 17.6 Å². The fourth-order valence-corrected chi connectivity index (χ4v) is 5.69. The lowest BCUT2D eigenvalue weighted by molar-refractivity contribution is -0.172. The Kier molecular flexibility index (Phi) is 5.39. The maximum atomic E-state index is 13.4. The van der Waals surface area contributed by atoms with E-state index in [1.807, 2.05) is 12.1 Å². The first-order valence-corrected chi connectivity index (χ1v) is 11.5. The van der Waals surface area contributed by atoms with Gasteiger partial charge in [-0.3, -0.25) is 4.79 Å². The summed E-state index contributed by atoms with van der Waals surface area (Å²) in [6, 6.07) is 5.89. The van der Waals surface area contributed by atoms with Crippen LogP contribution in [0.15, 0.2) is 29.1 Å². The number of rotatable bonds is 3. The molecule has 0 saturated heterocycles. The van der Waals surface area contributed by atoms with E-state index in [4.69, 9.17) is 15.5 Å². The summed E-state index contributed by atoms with van der Waals surface area (Å²) in [5, 5.41) is 12.3. The number of cyclic esters (lactones) is 1. The van der Waals surface area contributed by atoms with E-state index in [9.17, 15) is 14.7 Å². The zero-order valence-electron chi connectivity index (χ0n) is 18.9. The number of halogens is 1. The SMILES string of the molecule is CCC1(O)C(=O)OCc2c1cc1n(c2=O)Cc2c-1nc1ccc(C=CCN)c3c1c2CCC3.Cl. The van der Waals surface area contributed by atoms with Crippen LogP contribution in [0.4, 0.5) is 0 Å². The van der Waals surface area contributed by atoms with Crippen molar-refractivity contribution in [3.05, 3.63) is 68.0 Å². The normalized spacial score (nSPS) is 20.0. The van der Waals surface area contributed by atoms with Gasteiger partial charge in [-0.2, -0.15) is 0 Å². The molecule has 1 aliphatic carbocycles. The van der Waals surface area contributed by atoms with E-state index in [1.165, 1.54) is 22.1 Å². The molecule has 0 bridgehead atoms. The van der Waals surface area contributed by atoms with Gasteiger partial charge in [-0.25, -0.2) is 9.78 Å². The predicted molar refractivity (Wildman–Crippen MR) is 132 cm³/mol. The first-order chi connectivity index (χ1) is 16.0. The third-order valence-electron chi connectivity index (χ3n) is 7.40. The fraction of sp³-hybridized carbons (Fsp3) is 0.346. The number of pyridine rings is 2. The third kappa shape index (κ3) is 2.94. The molecule has 176 valence electrons. The van der Waals surface area contributed by atoms with Gasteiger partial charge in [-0.1, -0.05) is 25.1 Å². The van der Waals surface area contributed by atoms with Crippen LogP contribution in [0.2, 0.25) is 0 Å². The molecule has 6 rings (SSSR count). The van der Waals surface area contributed by atoms with Gasteiger partial charge in [0.25, 0.3) is 5.56 Å². The monoisotopic (exact) mass is 479 g/mol. The van der Waals surface area contributed by atoms with Crippen LogP contribution in [-0.4, -0.2) is 27.2 Å². The van der Waals surface area contributed by atoms with E-state index in [-0.39, 0.29) is 31.0 Å². The van der Waals surface area contributed by atoms with Gasteiger partial charge in [0.05, 0.1) is 29.0 Å². The number of ether oxygens (including phenoxy) is 1. The van der Waals surface area contributed by atoms with Crippen LogP contribution in [0, 0.1) is 0 Å². The van der Waals surface area contributed by atoms with Crippen molar-refractivity contribution in [2.24, 2.45) is 5.73 Å². The topological polar surface area (TPSA) is 107 Å². The Bertz CT molecular complexity index is 1460. The molecule has 1 aromatic carbocycles. The molecule has 3 aliphatic rings. The van der Waals surface area contributed by atoms with E-state index in [0.29, 0.717) is 29.9 Å². The maximum absolute atomic E-state index is 13.4. The number of carbonyl (C=O) groups excluding carboxylic acids is 1. The molecule has 1 atom stereocenters. The molecule has 2 aliphatic heterocycles. The van der Waals surface area contributed by atoms with Gasteiger partial charge in [0.15, 0.2) is 5.60 Å². The lowest BCUT2D eigenvalue weighted by Crippen LogP contribution is -2.44. The van der Waals surface area contributed by atoms with Gasteiger partial charge < -0.3 is 20.1 Å². The van der Waals surface area contributed by atoms with Crippen molar-refractivity contribution in [3.63, 3.8) is 0 Å². The Labute approximate surface area is 202 Å². The van der Waals surface area contributed by atoms with Crippen molar-refractivity contribution in [2.75, 3.05) is 6.54 Å². The molecule has 0 amide bonds. The molecule has 0 fully saturated rings. The van der Waals surface area contributed by atoms with Crippen molar-refractivity contribution in [2.45, 2.75) is 51.4 Å². The van der Waals surface area contributed by atoms with Crippen LogP contribution in [0.5, 0.6) is 0 Å². The van der Waals surface area contributed by atoms with Crippen molar-refractivity contribution in [1.82, 2.24) is 9.55 Å². The summed E-state index contributed by atoms with van der Waals surface area (Å²) in [6.45, 7) is 2.53. The molecule has 3 aromatic rings. The van der Waals surface area contributed by atoms with Crippen LogP contribution in [0.3, 0.4) is 0 Å². The number of aryl methyl sites for hydroxylation is 2. The van der Waals surface area contributed by atoms with E-state index in [2.05, 4.69) is 12.1 Å². The molecule has 2 aromatic heterocycles. The first-order valence-electron chi connectivity index (χ1n) is 11.5. The highest BCUT2D eigenvalue weighted by Gasteiger charge is 2.45. The number of hydrogen-bond donors (Lipinski definition) is 2. The second-order valence-corrected chi connectivity index (χ2v) is 9.04. The maximum Gasteiger partial charge on any atom is 0.343 e. The van der Waals surface area contributed by atoms with Crippen molar-refractivity contribution < 1.29 is 14.6 Å². The highest BCUT2D eigenvalue weighted by Crippen LogP contribution is 2.42. The van der Waals surface area contributed by atoms with Crippen LogP contribution in [0.25, 0.3) is 28.4 Å². The predicted octanol–water partition coefficient (Wildman–Crippen LogP) is 2.96. The number of nitrogens with zero attached hydrogens (tertiary/aromatic N) is 2. The summed E-state index contributed by atoms with van der Waals surface area (Å²) >= 11 is 0. The summed E-state index contributed by atoms with van der Waals surface area (Å²) < 4.78 is 6.89. The average molecular weight is 480 g/mol. The second kappa shape index (κ2) is 8.05. The minimum Gasteiger partial charge on any atom is -0.458 e. The lowest BCUT2D eigenvalue weighted by atomic mass is 9.84. The minimum absolute atomic E-state index is 0. The Morgan fingerprint density at radius 2 is 2.00 bits per heavy atom. The van der Waals surface area contributed by atoms with E-state index < -0.39 is 11.6 Å². The number of carbonyl (C=O) groups is 1. The highest BCUT2D eigenvalue weighted by molar-refractivity contribution is 5.94. The Morgan fingerprint density at radius 1 is 1.21 bits per heavy atom. The summed E-state index contributed by atoms with van der Waals surface area (Å²) in [6.07, 6.45) is 7.12. The number of aromatic nitrogens is 2. The largest absolute Gasteiger partial charge is 0.458 e. The van der Waals surface area contributed by atoms with E-state index >= 15 is 0 Å². The summed E-state index contributed by atoms with van der Waals surface area (Å²) in [4.78, 5) is 30.8. The van der Waals surface area contributed by atoms with Gasteiger partial charge in [0.1, 0.15) is 6.61 Å². The highest BCUT2D eigenvalue weighted by atomic mass is 35.5. The van der Waals surface area contributed by atoms with Crippen LogP contribution < -0.4 is 11.3 Å². The van der Waals surface area contributed by atoms with Gasteiger partial charge in [0.2, 0.25) is 0 Å². The van der Waals surface area contributed by atoms with Crippen LogP contribution in [-0.2, 0) is 41.1 Å². The zero-order valence-corrected chi connectivity index (χ0v) is 19.7. The summed E-state index contributed by atoms with van der Waals surface area (Å²) in [5.41, 5.74) is 11.4. The summed E-state index contributed by atoms with van der Waals surface area (Å²) in [7, 11) is 0. The van der Waals surface area contributed by atoms with Gasteiger partial charge in [0, 0.05) is 23.1 Å². The molecule has 1 unspecified atom stereocenters. The lowest BCUT2D eigenvalue weighted by Gasteiger charge is -2.31. The van der Waals surface area contributed by atoms with Gasteiger partial charge >= 0.3 is 5.97 Å². The zero-order chi connectivity index (χ0) is 22.9. The number of hydrogen-bond acceptors (Lipinski definition) is 6. The quantitative estimate of drug-likeness (QED) is 0.437. The Balaban J connectivity index is 0.00000241. The fourth-order valence-electron chi connectivity index (χ4n) is 5.69. The molecule has 0 saturated carbocycles. The van der Waals surface area contributed by atoms with Crippen molar-refractivity contribution >= 4 is 35.4 Å². The number of esters is 1. The molecular weight excluding hydrogens is 454 g/mol. The molecule has 8 heteroatoms. The van der Waals surface area contributed by atoms with Gasteiger partial charge in [-0.05, 0) is 54.5 Å². The molecular formula is C26H26ClN3O4. The first kappa shape index (κ1) is 22.8. The van der Waals surface area contributed by atoms with Crippen molar-refractivity contribution in [1.29, 1.82) is 0 Å². The Hall–Kier alpha value is -3.00. The number of nitrogens with two attached hydrogens (primary N) is 1. The molecule has 0 radical (unpaired) electrons. The van der Waals surface area contributed by atoms with Crippen molar-refractivity contribution in [3.8, 4) is 11.4 Å². The number of aliphatic hydroxyl groups is 1. The van der Waals surface area contributed by atoms with Crippen LogP contribution >= 0.6 is 12.4 Å². The molecule has 4 heterocycles. The molecule has 7 nitrogen and oxygen atoms in total. The second-order valence-electron chi connectivity index (χ2n) is 9.04.